The Balaban J connectivity index is 0.000000143. The van der Waals surface area contributed by atoms with E-state index in [0.29, 0.717) is 46.1 Å². The minimum absolute atomic E-state index is 0.479. The highest BCUT2D eigenvalue weighted by Crippen LogP contribution is 2.65. The van der Waals surface area contributed by atoms with E-state index < -0.39 is 5.41 Å². The number of nitriles is 2. The second kappa shape index (κ2) is 30.4. The number of aromatic nitrogens is 9. The fraction of sp³-hybridized carbons (Fsp3) is 0.00855. The summed E-state index contributed by atoms with van der Waals surface area (Å²) >= 11 is 0. The van der Waals surface area contributed by atoms with Crippen LogP contribution < -0.4 is 0 Å². The molecule has 0 N–H and O–H groups in total. The van der Waals surface area contributed by atoms with Gasteiger partial charge in [0.2, 0.25) is 0 Å². The van der Waals surface area contributed by atoms with Crippen molar-refractivity contribution in [2.24, 2.45) is 0 Å². The summed E-state index contributed by atoms with van der Waals surface area (Å²) in [5.74, 6) is 3.28. The lowest BCUT2D eigenvalue weighted by Gasteiger charge is -2.30. The number of rotatable bonds is 12. The molecule has 0 saturated heterocycles. The number of benzene rings is 18. The van der Waals surface area contributed by atoms with E-state index in [4.69, 9.17) is 29.9 Å². The molecule has 2 aliphatic carbocycles. The Hall–Kier alpha value is -17.6. The molecule has 0 atom stereocenters. The molecule has 25 rings (SSSR count). The number of hydrogen-bond acceptors (Lipinski definition) is 8. The van der Waals surface area contributed by atoms with Crippen molar-refractivity contribution >= 4 is 65.4 Å². The molecule has 11 nitrogen and oxygen atoms in total. The molecule has 5 heterocycles. The van der Waals surface area contributed by atoms with Gasteiger partial charge in [-0.05, 0) is 133 Å². The zero-order valence-corrected chi connectivity index (χ0v) is 68.9. The Labute approximate surface area is 737 Å². The Morgan fingerprint density at radius 1 is 0.219 bits per heavy atom. The van der Waals surface area contributed by atoms with Gasteiger partial charge in [0.25, 0.3) is 0 Å². The minimum Gasteiger partial charge on any atom is -0.309 e. The van der Waals surface area contributed by atoms with Gasteiger partial charge < -0.3 is 13.7 Å². The lowest BCUT2D eigenvalue weighted by atomic mass is 9.70. The zero-order valence-electron chi connectivity index (χ0n) is 68.9. The van der Waals surface area contributed by atoms with Crippen LogP contribution in [0.1, 0.15) is 33.4 Å². The normalized spacial score (nSPS) is 12.1. The van der Waals surface area contributed by atoms with Gasteiger partial charge in [-0.3, -0.25) is 0 Å². The quantitative estimate of drug-likeness (QED) is 0.118. The van der Waals surface area contributed by atoms with Crippen molar-refractivity contribution < 1.29 is 0 Å². The fourth-order valence-corrected chi connectivity index (χ4v) is 20.2. The second-order valence-electron chi connectivity index (χ2n) is 32.4. The van der Waals surface area contributed by atoms with E-state index in [2.05, 4.69) is 287 Å². The number of fused-ring (bicyclic) bond motifs is 21. The third kappa shape index (κ3) is 11.8. The van der Waals surface area contributed by atoms with Crippen LogP contribution in [-0.4, -0.2) is 43.6 Å². The molecule has 0 fully saturated rings. The summed E-state index contributed by atoms with van der Waals surface area (Å²) in [6.45, 7) is 0. The maximum Gasteiger partial charge on any atom is 0.166 e. The minimum atomic E-state index is -0.497. The van der Waals surface area contributed by atoms with Crippen LogP contribution in [0.25, 0.3) is 206 Å². The predicted octanol–water partition coefficient (Wildman–Crippen LogP) is 28.1. The third-order valence-electron chi connectivity index (χ3n) is 25.5. The first-order valence-corrected chi connectivity index (χ1v) is 42.9. The molecule has 23 aromatic rings. The van der Waals surface area contributed by atoms with Crippen molar-refractivity contribution in [1.82, 2.24) is 43.6 Å². The average molecular weight is 1630 g/mol. The number of para-hydroxylation sites is 4. The maximum atomic E-state index is 11.4. The molecule has 18 aromatic carbocycles. The molecule has 5 aromatic heterocycles. The van der Waals surface area contributed by atoms with Crippen molar-refractivity contribution in [3.05, 3.63) is 464 Å². The van der Waals surface area contributed by atoms with Crippen molar-refractivity contribution in [2.45, 2.75) is 5.41 Å². The van der Waals surface area contributed by atoms with E-state index in [9.17, 15) is 10.5 Å². The van der Waals surface area contributed by atoms with Gasteiger partial charge in [-0.25, -0.2) is 29.9 Å². The van der Waals surface area contributed by atoms with Gasteiger partial charge in [0.15, 0.2) is 34.9 Å². The summed E-state index contributed by atoms with van der Waals surface area (Å²) in [5.41, 5.74) is 30.5. The van der Waals surface area contributed by atoms with Gasteiger partial charge in [0.1, 0.15) is 6.07 Å². The first-order valence-electron chi connectivity index (χ1n) is 42.9. The molecule has 1 spiro atoms. The number of nitrogens with zero attached hydrogens (tertiary/aromatic N) is 11. The van der Waals surface area contributed by atoms with Crippen LogP contribution in [0.5, 0.6) is 0 Å². The Morgan fingerprint density at radius 2 is 0.609 bits per heavy atom. The molecular weight excluding hydrogens is 1560 g/mol. The van der Waals surface area contributed by atoms with Crippen LogP contribution in [0.4, 0.5) is 0 Å². The summed E-state index contributed by atoms with van der Waals surface area (Å²) in [6, 6.07) is 155. The second-order valence-corrected chi connectivity index (χ2v) is 32.4. The molecule has 594 valence electrons. The molecule has 11 heteroatoms. The fourth-order valence-electron chi connectivity index (χ4n) is 20.2. The summed E-state index contributed by atoms with van der Waals surface area (Å²) in [7, 11) is 0. The van der Waals surface area contributed by atoms with Crippen LogP contribution in [0.15, 0.2) is 431 Å². The average Bonchev–Trinajstić information content (AvgIpc) is 1.49. The molecule has 0 radical (unpaired) electrons. The topological polar surface area (TPSA) is 140 Å². The largest absolute Gasteiger partial charge is 0.309 e. The predicted molar refractivity (Wildman–Crippen MR) is 517 cm³/mol. The van der Waals surface area contributed by atoms with Gasteiger partial charge in [-0.15, -0.1) is 0 Å². The van der Waals surface area contributed by atoms with E-state index in [-0.39, 0.29) is 0 Å². The Bertz CT molecular complexity index is 8340. The summed E-state index contributed by atoms with van der Waals surface area (Å²) < 4.78 is 7.10. The molecule has 128 heavy (non-hydrogen) atoms. The van der Waals surface area contributed by atoms with Gasteiger partial charge in [0.05, 0.1) is 67.1 Å². The summed E-state index contributed by atoms with van der Waals surface area (Å²) in [4.78, 5) is 31.0. The SMILES string of the molecule is N#Cc1cc(-c2ccccc2)c(-n2c3ccccc3c3ccc4c(c5ccccc5n4-c4ccccc4)c32)c(-c2ccccc2-c2nc(-c3ccccc3)nc(-c3ccccc3)n2)c1.N#Cc1cc(-c2ccccc2)cc(-c2nc(-c3ccccc3)nc(-c3ccccc3)n2)c1-n1c2ccccc2c2c3c(ccc21)C1(c2ccccc2-c2ccccc21)c1ccccc1-3. The highest BCUT2D eigenvalue weighted by atomic mass is 15.1. The molecule has 0 unspecified atom stereocenters. The van der Waals surface area contributed by atoms with Crippen LogP contribution in [0.2, 0.25) is 0 Å². The Morgan fingerprint density at radius 3 is 1.14 bits per heavy atom. The third-order valence-corrected chi connectivity index (χ3v) is 25.5. The lowest BCUT2D eigenvalue weighted by Crippen LogP contribution is -2.25. The van der Waals surface area contributed by atoms with E-state index in [1.807, 2.05) is 170 Å². The first-order chi connectivity index (χ1) is 63.4. The van der Waals surface area contributed by atoms with Crippen LogP contribution in [0, 0.1) is 22.7 Å². The smallest absolute Gasteiger partial charge is 0.166 e. The molecular formula is C117H71N11. The molecule has 0 amide bonds. The van der Waals surface area contributed by atoms with Crippen LogP contribution >= 0.6 is 0 Å². The van der Waals surface area contributed by atoms with Crippen molar-refractivity contribution in [2.75, 3.05) is 0 Å². The monoisotopic (exact) mass is 1630 g/mol. The highest BCUT2D eigenvalue weighted by molar-refractivity contribution is 6.27. The van der Waals surface area contributed by atoms with E-state index >= 15 is 0 Å². The molecule has 0 bridgehead atoms. The van der Waals surface area contributed by atoms with Crippen LogP contribution in [-0.2, 0) is 5.41 Å². The van der Waals surface area contributed by atoms with Crippen LogP contribution in [0.3, 0.4) is 0 Å². The molecule has 0 saturated carbocycles. The van der Waals surface area contributed by atoms with E-state index in [0.717, 1.165) is 149 Å². The summed E-state index contributed by atoms with van der Waals surface area (Å²) in [6.07, 6.45) is 0. The van der Waals surface area contributed by atoms with Gasteiger partial charge in [-0.1, -0.05) is 364 Å². The zero-order chi connectivity index (χ0) is 84.9. The maximum absolute atomic E-state index is 11.4. The number of hydrogen-bond donors (Lipinski definition) is 0. The Kier molecular flexibility index (Phi) is 17.7. The van der Waals surface area contributed by atoms with Crippen molar-refractivity contribution in [1.29, 1.82) is 10.5 Å². The van der Waals surface area contributed by atoms with E-state index in [1.54, 1.807) is 0 Å². The summed E-state index contributed by atoms with van der Waals surface area (Å²) in [5, 5.41) is 29.0. The lowest BCUT2D eigenvalue weighted by molar-refractivity contribution is 0.794. The first kappa shape index (κ1) is 74.2. The standard InChI is InChI=1S/C59H35N5.C58H36N6/c60-36-41-34-40(37-18-4-1-5-19-37)35-46(58-62-56(38-20-6-2-7-21-38)61-57(63-58)39-22-8-3-9-23-39)55(41)64-51-31-17-13-27-45(51)54-52(64)33-32-50-53(54)44-26-12-16-30-49(44)59(50)47-28-14-10-24-42(47)43-25-11-15-29-48(43)59;59-37-38-35-48(39-19-5-1-6-20-39)54(49(36-38)43-27-13-14-29-46(43)58-61-56(40-21-7-2-8-22-40)60-57(62-58)41-23-9-3-10-24-41)64-50-31-17-15-28-44(50)45-33-34-52-53(55(45)64)47-30-16-18-32-51(47)63(52)42-25-11-4-12-26-42/h1-35H;1-36H. The molecule has 0 aliphatic heterocycles. The van der Waals surface area contributed by atoms with Gasteiger partial charge >= 0.3 is 0 Å². The van der Waals surface area contributed by atoms with Gasteiger partial charge in [-0.2, -0.15) is 10.5 Å². The van der Waals surface area contributed by atoms with Crippen molar-refractivity contribution in [3.8, 4) is 153 Å². The highest BCUT2D eigenvalue weighted by Gasteiger charge is 2.52. The molecule has 2 aliphatic rings. The van der Waals surface area contributed by atoms with E-state index in [1.165, 1.54) is 44.5 Å². The van der Waals surface area contributed by atoms with Gasteiger partial charge in [0, 0.05) is 82.5 Å². The van der Waals surface area contributed by atoms with Crippen molar-refractivity contribution in [3.63, 3.8) is 0 Å².